The van der Waals surface area contributed by atoms with Crippen molar-refractivity contribution in [2.75, 3.05) is 0 Å². The number of hydrogen-bond acceptors (Lipinski definition) is 3. The third-order valence-corrected chi connectivity index (χ3v) is 6.52. The lowest BCUT2D eigenvalue weighted by molar-refractivity contribution is -0.137. The van der Waals surface area contributed by atoms with Gasteiger partial charge in [-0.05, 0) is 57.8 Å². The summed E-state index contributed by atoms with van der Waals surface area (Å²) in [5.41, 5.74) is -2.25. The smallest absolute Gasteiger partial charge is 0.316 e. The van der Waals surface area contributed by atoms with Crippen LogP contribution in [0.3, 0.4) is 0 Å². The van der Waals surface area contributed by atoms with Crippen molar-refractivity contribution in [1.82, 2.24) is 0 Å². The second kappa shape index (κ2) is 12.1. The number of carboxylic acids is 1. The van der Waals surface area contributed by atoms with Crippen LogP contribution in [0.1, 0.15) is 104 Å². The standard InChI is InChI=1S/C22H39F2O4/c1-3-4-9-13-21(2,28)15-16-22(20(23)24)14-12-18(25)17(22)10-7-5-6-8-11-19(26)27/h17-18,25,28H,3-16H2,1-2H3,(H,26,27)/t17-,18+,21?,22+/m1/s1. The molecule has 1 aliphatic rings. The van der Waals surface area contributed by atoms with Crippen LogP contribution in [-0.4, -0.2) is 33.0 Å². The lowest BCUT2D eigenvalue weighted by Crippen LogP contribution is -2.36. The van der Waals surface area contributed by atoms with Crippen LogP contribution >= 0.6 is 0 Å². The fourth-order valence-electron chi connectivity index (χ4n) is 4.64. The average Bonchev–Trinajstić information content (AvgIpc) is 2.93. The lowest BCUT2D eigenvalue weighted by Gasteiger charge is -2.37. The number of aliphatic hydroxyl groups is 2. The van der Waals surface area contributed by atoms with Crippen LogP contribution in [0.2, 0.25) is 0 Å². The van der Waals surface area contributed by atoms with Gasteiger partial charge in [-0.1, -0.05) is 45.4 Å². The van der Waals surface area contributed by atoms with E-state index in [-0.39, 0.29) is 19.3 Å². The zero-order valence-corrected chi connectivity index (χ0v) is 17.6. The lowest BCUT2D eigenvalue weighted by atomic mass is 9.70. The predicted molar refractivity (Wildman–Crippen MR) is 106 cm³/mol. The number of unbranched alkanes of at least 4 members (excludes halogenated alkanes) is 5. The number of carboxylic acid groups (broad SMARTS) is 1. The van der Waals surface area contributed by atoms with Crippen LogP contribution in [0.15, 0.2) is 0 Å². The Balaban J connectivity index is 2.61. The summed E-state index contributed by atoms with van der Waals surface area (Å²) >= 11 is 0. The van der Waals surface area contributed by atoms with Gasteiger partial charge in [0.25, 0.3) is 0 Å². The monoisotopic (exact) mass is 405 g/mol. The van der Waals surface area contributed by atoms with E-state index in [0.717, 1.165) is 32.1 Å². The summed E-state index contributed by atoms with van der Waals surface area (Å²) in [4.78, 5) is 10.5. The summed E-state index contributed by atoms with van der Waals surface area (Å²) in [5, 5.41) is 29.6. The minimum Gasteiger partial charge on any atom is -0.481 e. The highest BCUT2D eigenvalue weighted by molar-refractivity contribution is 5.66. The minimum atomic E-state index is -1.61. The van der Waals surface area contributed by atoms with Crippen LogP contribution < -0.4 is 0 Å². The Morgan fingerprint density at radius 3 is 2.39 bits per heavy atom. The zero-order chi connectivity index (χ0) is 21.2. The summed E-state index contributed by atoms with van der Waals surface area (Å²) in [7, 11) is 0. The van der Waals surface area contributed by atoms with Crippen molar-refractivity contribution < 1.29 is 28.9 Å². The van der Waals surface area contributed by atoms with Gasteiger partial charge >= 0.3 is 12.4 Å². The molecule has 1 saturated carbocycles. The molecule has 1 radical (unpaired) electrons. The Morgan fingerprint density at radius 2 is 1.79 bits per heavy atom. The van der Waals surface area contributed by atoms with Crippen molar-refractivity contribution in [3.05, 3.63) is 6.43 Å². The van der Waals surface area contributed by atoms with Gasteiger partial charge in [0.2, 0.25) is 0 Å². The summed E-state index contributed by atoms with van der Waals surface area (Å²) < 4.78 is 28.2. The molecule has 0 bridgehead atoms. The normalized spacial score (nSPS) is 27.2. The third kappa shape index (κ3) is 7.94. The Hall–Kier alpha value is -0.750. The first-order chi connectivity index (χ1) is 13.1. The number of halogens is 2. The minimum absolute atomic E-state index is 0.135. The first-order valence-electron chi connectivity index (χ1n) is 11.0. The number of hydrogen-bond donors (Lipinski definition) is 3. The molecule has 4 nitrogen and oxygen atoms in total. The Bertz CT molecular complexity index is 456. The molecule has 28 heavy (non-hydrogen) atoms. The molecular weight excluding hydrogens is 366 g/mol. The third-order valence-electron chi connectivity index (χ3n) is 6.52. The Labute approximate surface area is 168 Å². The average molecular weight is 406 g/mol. The molecule has 1 rings (SSSR count). The van der Waals surface area contributed by atoms with Gasteiger partial charge in [-0.25, -0.2) is 0 Å². The van der Waals surface area contributed by atoms with E-state index in [1.807, 2.05) is 0 Å². The summed E-state index contributed by atoms with van der Waals surface area (Å²) in [6.45, 7) is 3.82. The van der Waals surface area contributed by atoms with E-state index in [0.29, 0.717) is 38.5 Å². The van der Waals surface area contributed by atoms with E-state index in [2.05, 4.69) is 6.92 Å². The quantitative estimate of drug-likeness (QED) is 0.305. The fourth-order valence-corrected chi connectivity index (χ4v) is 4.64. The molecule has 165 valence electrons. The maximum absolute atomic E-state index is 14.1. The van der Waals surface area contributed by atoms with Crippen molar-refractivity contribution in [2.45, 2.75) is 115 Å². The van der Waals surface area contributed by atoms with Crippen molar-refractivity contribution in [2.24, 2.45) is 11.3 Å². The van der Waals surface area contributed by atoms with Gasteiger partial charge in [0.15, 0.2) is 0 Å². The topological polar surface area (TPSA) is 77.8 Å². The summed E-state index contributed by atoms with van der Waals surface area (Å²) in [5.74, 6) is -1.30. The highest BCUT2D eigenvalue weighted by Gasteiger charge is 2.54. The van der Waals surface area contributed by atoms with Gasteiger partial charge in [0.1, 0.15) is 0 Å². The molecule has 0 aromatic carbocycles. The molecule has 1 fully saturated rings. The fraction of sp³-hybridized carbons (Fsp3) is 0.909. The second-order valence-electron chi connectivity index (χ2n) is 8.93. The second-order valence-corrected chi connectivity index (χ2v) is 8.93. The molecule has 6 heteroatoms. The van der Waals surface area contributed by atoms with Crippen molar-refractivity contribution >= 4 is 5.97 Å². The van der Waals surface area contributed by atoms with Crippen molar-refractivity contribution in [3.63, 3.8) is 0 Å². The van der Waals surface area contributed by atoms with Crippen molar-refractivity contribution in [3.8, 4) is 0 Å². The summed E-state index contributed by atoms with van der Waals surface area (Å²) in [6, 6.07) is 0. The van der Waals surface area contributed by atoms with Crippen LogP contribution in [0.5, 0.6) is 0 Å². The maximum Gasteiger partial charge on any atom is 0.316 e. The molecular formula is C22H39F2O4. The van der Waals surface area contributed by atoms with E-state index in [1.54, 1.807) is 6.92 Å². The summed E-state index contributed by atoms with van der Waals surface area (Å²) in [6.07, 6.45) is 5.90. The molecule has 0 amide bonds. The number of aliphatic carboxylic acids is 1. The number of aliphatic hydroxyl groups excluding tert-OH is 1. The van der Waals surface area contributed by atoms with Crippen LogP contribution in [0, 0.1) is 17.8 Å². The van der Waals surface area contributed by atoms with Crippen LogP contribution in [-0.2, 0) is 4.79 Å². The van der Waals surface area contributed by atoms with Gasteiger partial charge in [-0.2, -0.15) is 8.78 Å². The van der Waals surface area contributed by atoms with E-state index in [1.165, 1.54) is 0 Å². The molecule has 0 aliphatic heterocycles. The first-order valence-corrected chi connectivity index (χ1v) is 11.0. The van der Waals surface area contributed by atoms with Gasteiger partial charge in [0, 0.05) is 11.8 Å². The molecule has 0 aromatic heterocycles. The van der Waals surface area contributed by atoms with Crippen LogP contribution in [0.25, 0.3) is 0 Å². The highest BCUT2D eigenvalue weighted by Crippen LogP contribution is 2.56. The molecule has 3 N–H and O–H groups in total. The van der Waals surface area contributed by atoms with Crippen molar-refractivity contribution in [1.29, 1.82) is 0 Å². The largest absolute Gasteiger partial charge is 0.481 e. The van der Waals surface area contributed by atoms with Gasteiger partial charge in [0.05, 0.1) is 11.7 Å². The number of carbonyl (C=O) groups is 1. The predicted octanol–water partition coefficient (Wildman–Crippen LogP) is 5.71. The molecule has 0 spiro atoms. The Morgan fingerprint density at radius 1 is 1.11 bits per heavy atom. The van der Waals surface area contributed by atoms with E-state index >= 15 is 0 Å². The molecule has 0 heterocycles. The van der Waals surface area contributed by atoms with Gasteiger partial charge in [-0.3, -0.25) is 4.79 Å². The van der Waals surface area contributed by atoms with E-state index in [9.17, 15) is 23.8 Å². The van der Waals surface area contributed by atoms with Gasteiger partial charge < -0.3 is 15.3 Å². The molecule has 1 aliphatic carbocycles. The number of rotatable bonds is 15. The molecule has 0 aromatic rings. The zero-order valence-electron chi connectivity index (χ0n) is 17.6. The van der Waals surface area contributed by atoms with E-state index in [4.69, 9.17) is 5.11 Å². The molecule has 1 unspecified atom stereocenters. The molecule has 4 atom stereocenters. The highest BCUT2D eigenvalue weighted by atomic mass is 19.3. The molecule has 0 saturated heterocycles. The maximum atomic E-state index is 14.1. The Kier molecular flexibility index (Phi) is 10.9. The van der Waals surface area contributed by atoms with Crippen LogP contribution in [0.4, 0.5) is 8.78 Å². The SMILES string of the molecule is CCCCCC(C)(O)CC[C@@]1([C](F)F)CC[C@H](O)[C@H]1CCCCCCC(=O)O. The van der Waals surface area contributed by atoms with E-state index < -0.39 is 35.4 Å². The first kappa shape index (κ1) is 25.3. The van der Waals surface area contributed by atoms with Gasteiger partial charge in [-0.15, -0.1) is 0 Å².